The summed E-state index contributed by atoms with van der Waals surface area (Å²) in [7, 11) is 0. The Morgan fingerprint density at radius 3 is 2.40 bits per heavy atom. The van der Waals surface area contributed by atoms with Crippen LogP contribution in [0.2, 0.25) is 5.02 Å². The van der Waals surface area contributed by atoms with Gasteiger partial charge in [0, 0.05) is 5.02 Å². The Bertz CT molecular complexity index is 699. The van der Waals surface area contributed by atoms with Crippen LogP contribution in [0.3, 0.4) is 0 Å². The van der Waals surface area contributed by atoms with Gasteiger partial charge in [-0.25, -0.2) is 4.85 Å². The highest BCUT2D eigenvalue weighted by Gasteiger charge is 2.33. The Morgan fingerprint density at radius 1 is 1.10 bits per heavy atom. The van der Waals surface area contributed by atoms with Gasteiger partial charge in [0.15, 0.2) is 5.69 Å². The maximum absolute atomic E-state index is 12.9. The van der Waals surface area contributed by atoms with Crippen LogP contribution < -0.4 is 0 Å². The highest BCUT2D eigenvalue weighted by atomic mass is 35.5. The molecule has 0 aromatic heterocycles. The minimum atomic E-state index is -4.55. The Balaban J connectivity index is 2.66. The molecule has 1 nitrogen and oxygen atoms in total. The Hall–Kier alpha value is -1.99. The molecule has 5 heteroatoms. The van der Waals surface area contributed by atoms with E-state index in [2.05, 4.69) is 4.85 Å². The van der Waals surface area contributed by atoms with Gasteiger partial charge in [-0.05, 0) is 35.7 Å². The number of rotatable bonds is 1. The van der Waals surface area contributed by atoms with Gasteiger partial charge in [0.05, 0.1) is 12.1 Å². The molecule has 0 atom stereocenters. The van der Waals surface area contributed by atoms with E-state index in [1.807, 2.05) is 0 Å². The summed E-state index contributed by atoms with van der Waals surface area (Å²) in [6.07, 6.45) is -4.55. The van der Waals surface area contributed by atoms with Crippen LogP contribution in [0.4, 0.5) is 18.9 Å². The minimum absolute atomic E-state index is 0.393. The van der Waals surface area contributed by atoms with Gasteiger partial charge in [-0.3, -0.25) is 0 Å². The third-order valence-corrected chi connectivity index (χ3v) is 3.17. The average Bonchev–Trinajstić information content (AvgIpc) is 2.40. The highest BCUT2D eigenvalue weighted by Crippen LogP contribution is 2.39. The maximum Gasteiger partial charge on any atom is 0.407 e. The van der Waals surface area contributed by atoms with Crippen LogP contribution in [0.25, 0.3) is 16.0 Å². The van der Waals surface area contributed by atoms with Crippen molar-refractivity contribution in [2.24, 2.45) is 0 Å². The normalized spacial score (nSPS) is 11.2. The topological polar surface area (TPSA) is 4.36 Å². The third-order valence-electron chi connectivity index (χ3n) is 2.93. The van der Waals surface area contributed by atoms with Gasteiger partial charge in [0.2, 0.25) is 0 Å². The summed E-state index contributed by atoms with van der Waals surface area (Å²) in [5, 5.41) is 0.452. The summed E-state index contributed by atoms with van der Waals surface area (Å²) in [6, 6.07) is 8.72. The predicted molar refractivity (Wildman–Crippen MR) is 72.9 cm³/mol. The molecular weight excluding hydrogens is 287 g/mol. The zero-order chi connectivity index (χ0) is 14.9. The van der Waals surface area contributed by atoms with Crippen molar-refractivity contribution >= 4 is 17.3 Å². The van der Waals surface area contributed by atoms with Crippen LogP contribution in [0.1, 0.15) is 11.1 Å². The molecule has 0 aliphatic heterocycles. The molecule has 2 aromatic rings. The lowest BCUT2D eigenvalue weighted by molar-refractivity contribution is -0.136. The Morgan fingerprint density at radius 2 is 1.80 bits per heavy atom. The molecule has 102 valence electrons. The molecule has 0 N–H and O–H groups in total. The average molecular weight is 296 g/mol. The molecular formula is C15H9ClF3N. The molecule has 0 fully saturated rings. The summed E-state index contributed by atoms with van der Waals surface area (Å²) < 4.78 is 38.8. The summed E-state index contributed by atoms with van der Waals surface area (Å²) in [5.74, 6) is 0. The van der Waals surface area contributed by atoms with E-state index >= 15 is 0 Å². The Kier molecular flexibility index (Phi) is 3.74. The SMILES string of the molecule is [C-]#[N+]c1ccc(-c2cc(Cl)ccc2C)cc1C(F)(F)F. The second kappa shape index (κ2) is 5.18. The number of alkyl halides is 3. The molecule has 0 aliphatic carbocycles. The van der Waals surface area contributed by atoms with Crippen molar-refractivity contribution in [1.29, 1.82) is 0 Å². The largest absolute Gasteiger partial charge is 0.407 e. The standard InChI is InChI=1S/C15H9ClF3N/c1-9-3-5-11(16)8-12(9)10-4-6-14(20-2)13(7-10)15(17,18)19/h3-8H,1H3. The highest BCUT2D eigenvalue weighted by molar-refractivity contribution is 6.30. The van der Waals surface area contributed by atoms with Crippen molar-refractivity contribution in [2.75, 3.05) is 0 Å². The number of benzene rings is 2. The van der Waals surface area contributed by atoms with E-state index in [9.17, 15) is 13.2 Å². The molecule has 20 heavy (non-hydrogen) atoms. The van der Waals surface area contributed by atoms with Crippen molar-refractivity contribution in [3.63, 3.8) is 0 Å². The van der Waals surface area contributed by atoms with E-state index in [1.165, 1.54) is 12.1 Å². The van der Waals surface area contributed by atoms with E-state index in [1.54, 1.807) is 25.1 Å². The van der Waals surface area contributed by atoms with Gasteiger partial charge in [-0.1, -0.05) is 35.9 Å². The van der Waals surface area contributed by atoms with Gasteiger partial charge in [0.1, 0.15) is 0 Å². The van der Waals surface area contributed by atoms with E-state index in [0.717, 1.165) is 11.6 Å². The first-order valence-corrected chi connectivity index (χ1v) is 6.06. The second-order valence-corrected chi connectivity index (χ2v) is 4.74. The van der Waals surface area contributed by atoms with Crippen molar-refractivity contribution < 1.29 is 13.2 Å². The molecule has 0 heterocycles. The number of nitrogens with zero attached hydrogens (tertiary/aromatic N) is 1. The lowest BCUT2D eigenvalue weighted by Crippen LogP contribution is -2.05. The number of hydrogen-bond acceptors (Lipinski definition) is 0. The molecule has 0 amide bonds. The first-order valence-electron chi connectivity index (χ1n) is 5.68. The van der Waals surface area contributed by atoms with Gasteiger partial charge >= 0.3 is 6.18 Å². The van der Waals surface area contributed by atoms with Crippen LogP contribution in [0, 0.1) is 13.5 Å². The van der Waals surface area contributed by atoms with Crippen LogP contribution in [0.15, 0.2) is 36.4 Å². The van der Waals surface area contributed by atoms with Crippen LogP contribution >= 0.6 is 11.6 Å². The fourth-order valence-electron chi connectivity index (χ4n) is 1.93. The Labute approximate surface area is 119 Å². The molecule has 0 bridgehead atoms. The molecule has 0 spiro atoms. The fourth-order valence-corrected chi connectivity index (χ4v) is 2.11. The van der Waals surface area contributed by atoms with E-state index < -0.39 is 17.4 Å². The summed E-state index contributed by atoms with van der Waals surface area (Å²) in [4.78, 5) is 2.92. The maximum atomic E-state index is 12.9. The van der Waals surface area contributed by atoms with E-state index in [0.29, 0.717) is 16.1 Å². The first kappa shape index (κ1) is 14.4. The van der Waals surface area contributed by atoms with Gasteiger partial charge in [-0.2, -0.15) is 13.2 Å². The van der Waals surface area contributed by atoms with Crippen LogP contribution in [-0.2, 0) is 6.18 Å². The van der Waals surface area contributed by atoms with Crippen molar-refractivity contribution in [3.05, 3.63) is 64.0 Å². The first-order chi connectivity index (χ1) is 9.32. The van der Waals surface area contributed by atoms with E-state index in [-0.39, 0.29) is 0 Å². The third kappa shape index (κ3) is 2.78. The lowest BCUT2D eigenvalue weighted by atomic mass is 9.98. The number of aryl methyl sites for hydroxylation is 1. The van der Waals surface area contributed by atoms with Gasteiger partial charge < -0.3 is 0 Å². The second-order valence-electron chi connectivity index (χ2n) is 4.30. The van der Waals surface area contributed by atoms with Crippen molar-refractivity contribution in [1.82, 2.24) is 0 Å². The predicted octanol–water partition coefficient (Wildman–Crippen LogP) is 5.89. The molecule has 2 aromatic carbocycles. The van der Waals surface area contributed by atoms with E-state index in [4.69, 9.17) is 18.2 Å². The molecule has 0 aliphatic rings. The minimum Gasteiger partial charge on any atom is -0.238 e. The summed E-state index contributed by atoms with van der Waals surface area (Å²) in [5.41, 5.74) is 0.507. The number of halogens is 4. The lowest BCUT2D eigenvalue weighted by Gasteiger charge is -2.12. The zero-order valence-corrected chi connectivity index (χ0v) is 11.2. The van der Waals surface area contributed by atoms with Gasteiger partial charge in [-0.15, -0.1) is 0 Å². The summed E-state index contributed by atoms with van der Waals surface area (Å²) >= 11 is 5.88. The quantitative estimate of drug-likeness (QED) is 0.578. The molecule has 0 saturated heterocycles. The van der Waals surface area contributed by atoms with Crippen molar-refractivity contribution in [3.8, 4) is 11.1 Å². The van der Waals surface area contributed by atoms with Crippen molar-refractivity contribution in [2.45, 2.75) is 13.1 Å². The monoisotopic (exact) mass is 295 g/mol. The fraction of sp³-hybridized carbons (Fsp3) is 0.133. The number of hydrogen-bond donors (Lipinski definition) is 0. The molecule has 0 saturated carbocycles. The van der Waals surface area contributed by atoms with Gasteiger partial charge in [0.25, 0.3) is 0 Å². The van der Waals surface area contributed by atoms with Crippen LogP contribution in [0.5, 0.6) is 0 Å². The smallest absolute Gasteiger partial charge is 0.238 e. The zero-order valence-electron chi connectivity index (χ0n) is 10.4. The van der Waals surface area contributed by atoms with Crippen LogP contribution in [-0.4, -0.2) is 0 Å². The molecule has 0 radical (unpaired) electrons. The molecule has 2 rings (SSSR count). The molecule has 0 unspecified atom stereocenters. The summed E-state index contributed by atoms with van der Waals surface area (Å²) in [6.45, 7) is 8.61.